The molecule has 4 unspecified atom stereocenters. The van der Waals surface area contributed by atoms with Gasteiger partial charge in [-0.05, 0) is 43.4 Å². The highest BCUT2D eigenvalue weighted by Crippen LogP contribution is 2.44. The fraction of sp³-hybridized carbons (Fsp3) is 1.00. The third-order valence-electron chi connectivity index (χ3n) is 5.39. The van der Waals surface area contributed by atoms with E-state index in [-0.39, 0.29) is 0 Å². The summed E-state index contributed by atoms with van der Waals surface area (Å²) in [5, 5.41) is 1.54. The lowest BCUT2D eigenvalue weighted by Gasteiger charge is -2.42. The number of nitrogens with zero attached hydrogens (tertiary/aromatic N) is 1. The minimum absolute atomic E-state index is 0.640. The van der Waals surface area contributed by atoms with Crippen molar-refractivity contribution < 1.29 is 0 Å². The van der Waals surface area contributed by atoms with Crippen molar-refractivity contribution in [1.82, 2.24) is 4.90 Å². The Hall–Kier alpha value is 0.310. The number of rotatable bonds is 5. The van der Waals surface area contributed by atoms with Crippen LogP contribution in [0.5, 0.6) is 0 Å². The third-order valence-corrected chi connectivity index (χ3v) is 7.74. The number of thioether (sulfide) groups is 1. The first kappa shape index (κ1) is 20.4. The van der Waals surface area contributed by atoms with Crippen molar-refractivity contribution >= 4 is 11.8 Å². The van der Waals surface area contributed by atoms with Gasteiger partial charge < -0.3 is 0 Å². The number of hydrogen-bond acceptors (Lipinski definition) is 2. The second-order valence-corrected chi connectivity index (χ2v) is 10.3. The van der Waals surface area contributed by atoms with E-state index in [1.54, 1.807) is 0 Å². The predicted octanol–water partition coefficient (Wildman–Crippen LogP) is 5.79. The third kappa shape index (κ3) is 4.66. The van der Waals surface area contributed by atoms with E-state index in [2.05, 4.69) is 85.9 Å². The predicted molar refractivity (Wildman–Crippen MR) is 104 cm³/mol. The molecule has 0 saturated carbocycles. The van der Waals surface area contributed by atoms with Crippen molar-refractivity contribution in [2.45, 2.75) is 91.8 Å². The highest BCUT2D eigenvalue weighted by molar-refractivity contribution is 8.00. The highest BCUT2D eigenvalue weighted by Gasteiger charge is 2.43. The maximum absolute atomic E-state index is 2.84. The van der Waals surface area contributed by atoms with Crippen LogP contribution in [0.15, 0.2) is 0 Å². The van der Waals surface area contributed by atoms with Crippen LogP contribution in [0.1, 0.15) is 69.2 Å². The minimum Gasteiger partial charge on any atom is -0.296 e. The second-order valence-electron chi connectivity index (χ2n) is 8.99. The molecular formula is C20H41NS. The first-order valence-corrected chi connectivity index (χ1v) is 10.4. The maximum Gasteiger partial charge on any atom is 0.0243 e. The molecule has 4 atom stereocenters. The van der Waals surface area contributed by atoms with Crippen LogP contribution in [-0.4, -0.2) is 34.0 Å². The first-order valence-electron chi connectivity index (χ1n) is 9.49. The van der Waals surface area contributed by atoms with Gasteiger partial charge in [0.25, 0.3) is 0 Å². The molecule has 1 heterocycles. The van der Waals surface area contributed by atoms with Gasteiger partial charge in [0, 0.05) is 29.1 Å². The van der Waals surface area contributed by atoms with Crippen molar-refractivity contribution in [1.29, 1.82) is 0 Å². The summed E-state index contributed by atoms with van der Waals surface area (Å²) in [5.41, 5.74) is 0. The fourth-order valence-electron chi connectivity index (χ4n) is 4.13. The van der Waals surface area contributed by atoms with Crippen molar-refractivity contribution in [2.75, 3.05) is 6.54 Å². The largest absolute Gasteiger partial charge is 0.296 e. The molecule has 0 aromatic carbocycles. The molecule has 0 aromatic rings. The fourth-order valence-corrected chi connectivity index (χ4v) is 6.36. The summed E-state index contributed by atoms with van der Waals surface area (Å²) < 4.78 is 0. The molecule has 0 aliphatic carbocycles. The Morgan fingerprint density at radius 2 is 1.18 bits per heavy atom. The van der Waals surface area contributed by atoms with Crippen LogP contribution in [0.2, 0.25) is 0 Å². The van der Waals surface area contributed by atoms with Gasteiger partial charge in [-0.15, -0.1) is 0 Å². The summed E-state index contributed by atoms with van der Waals surface area (Å²) in [6.07, 6.45) is 0. The normalized spacial score (nSPS) is 31.8. The van der Waals surface area contributed by atoms with Gasteiger partial charge in [-0.1, -0.05) is 55.4 Å². The van der Waals surface area contributed by atoms with E-state index in [9.17, 15) is 0 Å². The average molecular weight is 328 g/mol. The van der Waals surface area contributed by atoms with Gasteiger partial charge in [0.1, 0.15) is 0 Å². The summed E-state index contributed by atoms with van der Waals surface area (Å²) in [7, 11) is 0. The minimum atomic E-state index is 0.640. The van der Waals surface area contributed by atoms with Gasteiger partial charge >= 0.3 is 0 Å². The summed E-state index contributed by atoms with van der Waals surface area (Å²) in [6, 6.07) is 1.34. The van der Waals surface area contributed by atoms with Crippen molar-refractivity contribution in [3.8, 4) is 0 Å². The zero-order chi connectivity index (χ0) is 17.2. The quantitative estimate of drug-likeness (QED) is 0.628. The molecule has 0 amide bonds. The van der Waals surface area contributed by atoms with Crippen molar-refractivity contribution in [3.63, 3.8) is 0 Å². The maximum atomic E-state index is 2.84. The Morgan fingerprint density at radius 1 is 0.682 bits per heavy atom. The lowest BCUT2D eigenvalue weighted by Crippen LogP contribution is -2.51. The molecule has 0 bridgehead atoms. The Bertz CT molecular complexity index is 294. The van der Waals surface area contributed by atoms with Gasteiger partial charge in [-0.3, -0.25) is 4.90 Å². The SMILES string of the molecule is CC(C)C1CN(C(C)C)C(C(C)C)C(C(C)C)SC1C(C)C. The Kier molecular flexibility index (Phi) is 7.79. The average Bonchev–Trinajstić information content (AvgIpc) is 2.55. The molecule has 0 N–H and O–H groups in total. The molecule has 132 valence electrons. The van der Waals surface area contributed by atoms with Crippen LogP contribution in [0.4, 0.5) is 0 Å². The number of hydrogen-bond donors (Lipinski definition) is 0. The zero-order valence-corrected chi connectivity index (χ0v) is 17.6. The van der Waals surface area contributed by atoms with Gasteiger partial charge in [0.15, 0.2) is 0 Å². The van der Waals surface area contributed by atoms with Crippen LogP contribution >= 0.6 is 11.8 Å². The van der Waals surface area contributed by atoms with Crippen LogP contribution in [0, 0.1) is 29.6 Å². The molecule has 0 aromatic heterocycles. The van der Waals surface area contributed by atoms with E-state index in [0.29, 0.717) is 12.1 Å². The summed E-state index contributed by atoms with van der Waals surface area (Å²) >= 11 is 2.32. The molecule has 1 rings (SSSR count). The first-order chi connectivity index (χ1) is 10.1. The molecule has 2 heteroatoms. The van der Waals surface area contributed by atoms with Crippen molar-refractivity contribution in [3.05, 3.63) is 0 Å². The van der Waals surface area contributed by atoms with E-state index in [0.717, 1.165) is 40.1 Å². The monoisotopic (exact) mass is 327 g/mol. The molecule has 1 saturated heterocycles. The van der Waals surface area contributed by atoms with E-state index in [1.165, 1.54) is 6.54 Å². The molecule has 1 nitrogen and oxygen atoms in total. The highest BCUT2D eigenvalue weighted by atomic mass is 32.2. The molecule has 0 radical (unpaired) electrons. The topological polar surface area (TPSA) is 3.24 Å². The van der Waals surface area contributed by atoms with Crippen LogP contribution in [0.25, 0.3) is 0 Å². The Morgan fingerprint density at radius 3 is 1.50 bits per heavy atom. The lowest BCUT2D eigenvalue weighted by molar-refractivity contribution is 0.0801. The van der Waals surface area contributed by atoms with Gasteiger partial charge in [0.2, 0.25) is 0 Å². The molecule has 1 aliphatic heterocycles. The summed E-state index contributed by atoms with van der Waals surface area (Å²) in [4.78, 5) is 2.84. The second kappa shape index (κ2) is 8.42. The Labute approximate surface area is 145 Å². The van der Waals surface area contributed by atoms with E-state index < -0.39 is 0 Å². The van der Waals surface area contributed by atoms with Gasteiger partial charge in [-0.2, -0.15) is 11.8 Å². The molecule has 22 heavy (non-hydrogen) atoms. The molecule has 0 spiro atoms. The van der Waals surface area contributed by atoms with Gasteiger partial charge in [-0.25, -0.2) is 0 Å². The van der Waals surface area contributed by atoms with Crippen LogP contribution < -0.4 is 0 Å². The van der Waals surface area contributed by atoms with Crippen molar-refractivity contribution in [2.24, 2.45) is 29.6 Å². The lowest BCUT2D eigenvalue weighted by atomic mass is 9.85. The molecule has 1 fully saturated rings. The molecular weight excluding hydrogens is 286 g/mol. The van der Waals surface area contributed by atoms with E-state index in [1.807, 2.05) is 0 Å². The van der Waals surface area contributed by atoms with Gasteiger partial charge in [0.05, 0.1) is 0 Å². The van der Waals surface area contributed by atoms with Crippen LogP contribution in [0.3, 0.4) is 0 Å². The van der Waals surface area contributed by atoms with Crippen LogP contribution in [-0.2, 0) is 0 Å². The van der Waals surface area contributed by atoms with E-state index in [4.69, 9.17) is 0 Å². The summed E-state index contributed by atoms with van der Waals surface area (Å²) in [5.74, 6) is 3.79. The standard InChI is InChI=1S/C20H41NS/c1-12(2)17-11-21(16(9)10)18(13(3)4)20(15(7)8)22-19(17)14(5)6/h12-20H,11H2,1-10H3. The van der Waals surface area contributed by atoms with E-state index >= 15 is 0 Å². The smallest absolute Gasteiger partial charge is 0.0243 e. The Balaban J connectivity index is 3.27. The zero-order valence-electron chi connectivity index (χ0n) is 16.8. The molecule has 1 aliphatic rings. The summed E-state index contributed by atoms with van der Waals surface area (Å²) in [6.45, 7) is 25.5.